The Bertz CT molecular complexity index is 617. The molecule has 2 rings (SSSR count). The second kappa shape index (κ2) is 5.99. The molecule has 0 aliphatic heterocycles. The molecule has 0 spiro atoms. The smallest absolute Gasteiger partial charge is 0.323 e. The van der Waals surface area contributed by atoms with Gasteiger partial charge in [0.2, 0.25) is 5.89 Å². The van der Waals surface area contributed by atoms with E-state index >= 15 is 0 Å². The van der Waals surface area contributed by atoms with Crippen molar-refractivity contribution in [2.75, 3.05) is 6.54 Å². The monoisotopic (exact) mass is 308 g/mol. The summed E-state index contributed by atoms with van der Waals surface area (Å²) in [7, 11) is 0. The molecular formula is C15H20N2O3S. The number of aryl methyl sites for hydroxylation is 1. The number of hydrogen-bond donors (Lipinski definition) is 1. The van der Waals surface area contributed by atoms with Crippen LogP contribution in [0.2, 0.25) is 0 Å². The van der Waals surface area contributed by atoms with Crippen LogP contribution in [0.15, 0.2) is 21.9 Å². The van der Waals surface area contributed by atoms with Gasteiger partial charge in [-0.3, -0.25) is 9.69 Å². The third-order valence-electron chi connectivity index (χ3n) is 3.66. The van der Waals surface area contributed by atoms with Gasteiger partial charge < -0.3 is 9.52 Å². The van der Waals surface area contributed by atoms with Gasteiger partial charge >= 0.3 is 5.97 Å². The Balaban J connectivity index is 2.25. The second-order valence-corrected chi connectivity index (χ2v) is 6.33. The minimum Gasteiger partial charge on any atom is -0.480 e. The predicted octanol–water partition coefficient (Wildman–Crippen LogP) is 3.40. The summed E-state index contributed by atoms with van der Waals surface area (Å²) in [6.45, 7) is 8.29. The molecule has 2 heterocycles. The van der Waals surface area contributed by atoms with Crippen LogP contribution in [0.1, 0.15) is 32.2 Å². The molecule has 0 aromatic carbocycles. The molecule has 0 radical (unpaired) electrons. The number of thiophene rings is 1. The highest BCUT2D eigenvalue weighted by molar-refractivity contribution is 7.13. The topological polar surface area (TPSA) is 66.6 Å². The molecule has 5 nitrogen and oxygen atoms in total. The third kappa shape index (κ3) is 3.16. The van der Waals surface area contributed by atoms with Crippen LogP contribution in [0.5, 0.6) is 0 Å². The molecule has 2 aromatic rings. The molecule has 0 aliphatic carbocycles. The minimum absolute atomic E-state index is 0.455. The van der Waals surface area contributed by atoms with Gasteiger partial charge in [0.1, 0.15) is 11.3 Å². The predicted molar refractivity (Wildman–Crippen MR) is 82.4 cm³/mol. The molecule has 0 saturated carbocycles. The molecule has 114 valence electrons. The fourth-order valence-corrected chi connectivity index (χ4v) is 2.75. The first-order valence-corrected chi connectivity index (χ1v) is 7.72. The van der Waals surface area contributed by atoms with E-state index in [2.05, 4.69) is 4.98 Å². The number of carbonyl (C=O) groups is 1. The van der Waals surface area contributed by atoms with Gasteiger partial charge in [-0.05, 0) is 38.8 Å². The van der Waals surface area contributed by atoms with Crippen molar-refractivity contribution in [3.05, 3.63) is 29.0 Å². The van der Waals surface area contributed by atoms with Crippen LogP contribution < -0.4 is 0 Å². The van der Waals surface area contributed by atoms with E-state index < -0.39 is 11.5 Å². The molecule has 0 saturated heterocycles. The van der Waals surface area contributed by atoms with E-state index in [0.29, 0.717) is 19.0 Å². The number of oxazole rings is 1. The number of hydrogen-bond acceptors (Lipinski definition) is 5. The number of aromatic nitrogens is 1. The molecule has 6 heteroatoms. The molecule has 0 bridgehead atoms. The summed E-state index contributed by atoms with van der Waals surface area (Å²) in [5.74, 6) is 0.490. The lowest BCUT2D eigenvalue weighted by atomic mass is 10.0. The van der Waals surface area contributed by atoms with Gasteiger partial charge in [-0.15, -0.1) is 11.3 Å². The Morgan fingerprint density at radius 2 is 2.24 bits per heavy atom. The lowest BCUT2D eigenvalue weighted by Crippen LogP contribution is -2.49. The highest BCUT2D eigenvalue weighted by Crippen LogP contribution is 2.27. The maximum Gasteiger partial charge on any atom is 0.323 e. The van der Waals surface area contributed by atoms with Crippen molar-refractivity contribution < 1.29 is 14.3 Å². The van der Waals surface area contributed by atoms with Crippen molar-refractivity contribution in [1.82, 2.24) is 9.88 Å². The Morgan fingerprint density at radius 1 is 1.52 bits per heavy atom. The van der Waals surface area contributed by atoms with Gasteiger partial charge in [0, 0.05) is 6.54 Å². The zero-order chi connectivity index (χ0) is 15.6. The van der Waals surface area contributed by atoms with Crippen LogP contribution in [-0.4, -0.2) is 33.0 Å². The Morgan fingerprint density at radius 3 is 2.76 bits per heavy atom. The maximum absolute atomic E-state index is 11.4. The zero-order valence-corrected chi connectivity index (χ0v) is 13.5. The second-order valence-electron chi connectivity index (χ2n) is 5.38. The van der Waals surface area contributed by atoms with Crippen molar-refractivity contribution in [2.24, 2.45) is 0 Å². The van der Waals surface area contributed by atoms with Gasteiger partial charge in [-0.25, -0.2) is 4.98 Å². The van der Waals surface area contributed by atoms with Gasteiger partial charge in [0.15, 0.2) is 0 Å². The van der Waals surface area contributed by atoms with Crippen molar-refractivity contribution in [1.29, 1.82) is 0 Å². The van der Waals surface area contributed by atoms with E-state index in [-0.39, 0.29) is 0 Å². The van der Waals surface area contributed by atoms with E-state index in [4.69, 9.17) is 4.42 Å². The fourth-order valence-electron chi connectivity index (χ4n) is 2.10. The third-order valence-corrected chi connectivity index (χ3v) is 4.52. The summed E-state index contributed by atoms with van der Waals surface area (Å²) in [5.41, 5.74) is -0.155. The summed E-state index contributed by atoms with van der Waals surface area (Å²) in [6.07, 6.45) is 0. The summed E-state index contributed by atoms with van der Waals surface area (Å²) in [4.78, 5) is 18.8. The van der Waals surface area contributed by atoms with E-state index in [1.807, 2.05) is 36.3 Å². The number of likely N-dealkylation sites (N-methyl/N-ethyl adjacent to an activating group) is 1. The van der Waals surface area contributed by atoms with E-state index in [1.54, 1.807) is 25.2 Å². The summed E-state index contributed by atoms with van der Waals surface area (Å²) < 4.78 is 5.70. The number of carboxylic acids is 1. The molecule has 0 amide bonds. The van der Waals surface area contributed by atoms with Crippen molar-refractivity contribution >= 4 is 17.3 Å². The van der Waals surface area contributed by atoms with Crippen LogP contribution in [0, 0.1) is 6.92 Å². The number of aliphatic carboxylic acids is 1. The van der Waals surface area contributed by atoms with E-state index in [1.165, 1.54) is 0 Å². The molecule has 2 aromatic heterocycles. The maximum atomic E-state index is 11.4. The summed E-state index contributed by atoms with van der Waals surface area (Å²) >= 11 is 1.57. The minimum atomic E-state index is -0.941. The highest BCUT2D eigenvalue weighted by Gasteiger charge is 2.34. The first-order valence-electron chi connectivity index (χ1n) is 6.85. The molecule has 21 heavy (non-hydrogen) atoms. The first-order chi connectivity index (χ1) is 9.86. The molecule has 0 unspecified atom stereocenters. The number of carboxylic acid groups (broad SMARTS) is 1. The molecule has 0 fully saturated rings. The standard InChI is InChI=1S/C15H20N2O3S/c1-5-17(15(3,4)14(18)19)9-11-10(2)20-13(16-11)12-7-6-8-21-12/h6-8H,5,9H2,1-4H3,(H,18,19). The average molecular weight is 308 g/mol. The van der Waals surface area contributed by atoms with Gasteiger partial charge in [0.05, 0.1) is 10.6 Å². The fraction of sp³-hybridized carbons (Fsp3) is 0.467. The lowest BCUT2D eigenvalue weighted by Gasteiger charge is -2.33. The van der Waals surface area contributed by atoms with E-state index in [9.17, 15) is 9.90 Å². The van der Waals surface area contributed by atoms with Crippen LogP contribution in [-0.2, 0) is 11.3 Å². The van der Waals surface area contributed by atoms with Crippen LogP contribution in [0.4, 0.5) is 0 Å². The number of rotatable bonds is 6. The SMILES string of the molecule is CCN(Cc1nc(-c2cccs2)oc1C)C(C)(C)C(=O)O. The molecule has 1 N–H and O–H groups in total. The van der Waals surface area contributed by atoms with Crippen LogP contribution in [0.3, 0.4) is 0 Å². The lowest BCUT2D eigenvalue weighted by molar-refractivity contribution is -0.149. The summed E-state index contributed by atoms with van der Waals surface area (Å²) in [5, 5.41) is 11.3. The Hall–Kier alpha value is -1.66. The van der Waals surface area contributed by atoms with Gasteiger partial charge in [-0.1, -0.05) is 13.0 Å². The average Bonchev–Trinajstić information content (AvgIpc) is 3.05. The number of nitrogens with zero attached hydrogens (tertiary/aromatic N) is 2. The molecule has 0 aliphatic rings. The zero-order valence-electron chi connectivity index (χ0n) is 12.7. The van der Waals surface area contributed by atoms with Crippen molar-refractivity contribution in [3.8, 4) is 10.8 Å². The highest BCUT2D eigenvalue weighted by atomic mass is 32.1. The van der Waals surface area contributed by atoms with Gasteiger partial charge in [-0.2, -0.15) is 0 Å². The van der Waals surface area contributed by atoms with Crippen LogP contribution in [0.25, 0.3) is 10.8 Å². The van der Waals surface area contributed by atoms with Crippen LogP contribution >= 0.6 is 11.3 Å². The first kappa shape index (κ1) is 15.7. The summed E-state index contributed by atoms with van der Waals surface area (Å²) in [6, 6.07) is 3.91. The Labute approximate surface area is 128 Å². The quantitative estimate of drug-likeness (QED) is 0.886. The van der Waals surface area contributed by atoms with Crippen molar-refractivity contribution in [3.63, 3.8) is 0 Å². The Kier molecular flexibility index (Phi) is 4.49. The van der Waals surface area contributed by atoms with Gasteiger partial charge in [0.25, 0.3) is 0 Å². The molecular weight excluding hydrogens is 288 g/mol. The van der Waals surface area contributed by atoms with E-state index in [0.717, 1.165) is 16.3 Å². The largest absolute Gasteiger partial charge is 0.480 e. The van der Waals surface area contributed by atoms with Crippen molar-refractivity contribution in [2.45, 2.75) is 39.8 Å². The molecule has 0 atom stereocenters. The normalized spacial score (nSPS) is 12.0.